The van der Waals surface area contributed by atoms with Gasteiger partial charge in [-0.2, -0.15) is 0 Å². The average molecular weight is 366 g/mol. The summed E-state index contributed by atoms with van der Waals surface area (Å²) in [6.45, 7) is 0.452. The number of amides is 1. The van der Waals surface area contributed by atoms with Crippen LogP contribution in [0.15, 0.2) is 59.5 Å². The summed E-state index contributed by atoms with van der Waals surface area (Å²) in [6.07, 6.45) is 2.58. The predicted molar refractivity (Wildman–Crippen MR) is 104 cm³/mol. The van der Waals surface area contributed by atoms with Crippen LogP contribution in [-0.4, -0.2) is 22.4 Å². The Kier molecular flexibility index (Phi) is 4.22. The smallest absolute Gasteiger partial charge is 0.267 e. The van der Waals surface area contributed by atoms with Crippen molar-refractivity contribution >= 4 is 39.2 Å². The number of aromatic amines is 2. The molecule has 0 fully saturated rings. The summed E-state index contributed by atoms with van der Waals surface area (Å²) in [5.41, 5.74) is 2.08. The van der Waals surface area contributed by atoms with Crippen LogP contribution in [0.2, 0.25) is 5.02 Å². The van der Waals surface area contributed by atoms with Crippen molar-refractivity contribution in [3.05, 3.63) is 81.4 Å². The Morgan fingerprint density at radius 1 is 1.08 bits per heavy atom. The Morgan fingerprint density at radius 3 is 2.81 bits per heavy atom. The first-order valence-corrected chi connectivity index (χ1v) is 8.65. The fraction of sp³-hybridized carbons (Fsp3) is 0.100. The lowest BCUT2D eigenvalue weighted by Gasteiger charge is -2.06. The minimum absolute atomic E-state index is 0.260. The highest BCUT2D eigenvalue weighted by Gasteiger charge is 2.10. The number of rotatable bonds is 4. The predicted octanol–water partition coefficient (Wildman–Crippen LogP) is 3.64. The Morgan fingerprint density at radius 2 is 1.92 bits per heavy atom. The molecule has 0 saturated carbocycles. The van der Waals surface area contributed by atoms with Crippen LogP contribution in [0.1, 0.15) is 16.1 Å². The number of carbonyl (C=O) groups excluding carboxylic acids is 1. The molecule has 0 bridgehead atoms. The van der Waals surface area contributed by atoms with E-state index in [1.807, 2.05) is 36.5 Å². The van der Waals surface area contributed by atoms with E-state index in [0.717, 1.165) is 21.9 Å². The lowest BCUT2D eigenvalue weighted by Crippen LogP contribution is -2.28. The van der Waals surface area contributed by atoms with Gasteiger partial charge in [0.2, 0.25) is 0 Å². The van der Waals surface area contributed by atoms with E-state index in [0.29, 0.717) is 23.4 Å². The summed E-state index contributed by atoms with van der Waals surface area (Å²) in [5.74, 6) is -0.300. The number of H-pyrrole nitrogens is 2. The second kappa shape index (κ2) is 6.69. The van der Waals surface area contributed by atoms with Gasteiger partial charge in [-0.1, -0.05) is 29.8 Å². The molecule has 2 aromatic carbocycles. The van der Waals surface area contributed by atoms with Crippen molar-refractivity contribution < 1.29 is 4.79 Å². The molecule has 4 rings (SSSR count). The van der Waals surface area contributed by atoms with Gasteiger partial charge in [0, 0.05) is 34.1 Å². The fourth-order valence-corrected chi connectivity index (χ4v) is 3.27. The third-order valence-corrected chi connectivity index (χ3v) is 4.64. The molecule has 2 aromatic heterocycles. The van der Waals surface area contributed by atoms with E-state index in [4.69, 9.17) is 11.6 Å². The molecule has 0 saturated heterocycles. The SMILES string of the molecule is O=C(NCCc1c[nH]c2ccc(Cl)cc12)c1cc2ccccc2c(=O)[nH]1. The zero-order chi connectivity index (χ0) is 18.1. The number of benzene rings is 2. The summed E-state index contributed by atoms with van der Waals surface area (Å²) >= 11 is 6.06. The first-order chi connectivity index (χ1) is 12.6. The summed E-state index contributed by atoms with van der Waals surface area (Å²) in [6, 6.07) is 14.6. The molecule has 130 valence electrons. The molecule has 3 N–H and O–H groups in total. The molecule has 0 unspecified atom stereocenters. The minimum atomic E-state index is -0.300. The third kappa shape index (κ3) is 3.09. The second-order valence-corrected chi connectivity index (χ2v) is 6.55. The summed E-state index contributed by atoms with van der Waals surface area (Å²) in [4.78, 5) is 30.3. The maximum Gasteiger partial charge on any atom is 0.267 e. The molecule has 0 aliphatic carbocycles. The van der Waals surface area contributed by atoms with Crippen LogP contribution in [-0.2, 0) is 6.42 Å². The first-order valence-electron chi connectivity index (χ1n) is 8.27. The van der Waals surface area contributed by atoms with Crippen molar-refractivity contribution in [2.24, 2.45) is 0 Å². The first kappa shape index (κ1) is 16.4. The highest BCUT2D eigenvalue weighted by Crippen LogP contribution is 2.22. The number of fused-ring (bicyclic) bond motifs is 2. The zero-order valence-corrected chi connectivity index (χ0v) is 14.6. The molecule has 1 amide bonds. The molecular weight excluding hydrogens is 350 g/mol. The van der Waals surface area contributed by atoms with Gasteiger partial charge in [0.25, 0.3) is 11.5 Å². The Balaban J connectivity index is 1.48. The number of nitrogens with one attached hydrogen (secondary N) is 3. The monoisotopic (exact) mass is 365 g/mol. The van der Waals surface area contributed by atoms with Gasteiger partial charge in [0.05, 0.1) is 0 Å². The van der Waals surface area contributed by atoms with Crippen LogP contribution in [0.5, 0.6) is 0 Å². The van der Waals surface area contributed by atoms with E-state index in [1.165, 1.54) is 0 Å². The number of aromatic nitrogens is 2. The lowest BCUT2D eigenvalue weighted by molar-refractivity contribution is 0.0949. The maximum atomic E-state index is 12.4. The summed E-state index contributed by atoms with van der Waals surface area (Å²) < 4.78 is 0. The average Bonchev–Trinajstić information content (AvgIpc) is 3.04. The highest BCUT2D eigenvalue weighted by molar-refractivity contribution is 6.31. The molecule has 2 heterocycles. The van der Waals surface area contributed by atoms with Crippen LogP contribution in [0.25, 0.3) is 21.7 Å². The topological polar surface area (TPSA) is 77.8 Å². The molecule has 6 heteroatoms. The molecule has 4 aromatic rings. The Bertz CT molecular complexity index is 1180. The summed E-state index contributed by atoms with van der Waals surface area (Å²) in [5, 5.41) is 5.89. The van der Waals surface area contributed by atoms with Crippen LogP contribution in [0, 0.1) is 0 Å². The van der Waals surface area contributed by atoms with Crippen molar-refractivity contribution in [2.45, 2.75) is 6.42 Å². The van der Waals surface area contributed by atoms with Gasteiger partial charge in [0.1, 0.15) is 5.69 Å². The molecule has 0 atom stereocenters. The van der Waals surface area contributed by atoms with Gasteiger partial charge < -0.3 is 15.3 Å². The van der Waals surface area contributed by atoms with E-state index < -0.39 is 0 Å². The van der Waals surface area contributed by atoms with Crippen molar-refractivity contribution in [1.29, 1.82) is 0 Å². The quantitative estimate of drug-likeness (QED) is 0.516. The minimum Gasteiger partial charge on any atom is -0.361 e. The molecule has 0 spiro atoms. The fourth-order valence-electron chi connectivity index (χ4n) is 3.10. The van der Waals surface area contributed by atoms with Gasteiger partial charge in [-0.05, 0) is 47.7 Å². The summed E-state index contributed by atoms with van der Waals surface area (Å²) in [7, 11) is 0. The lowest BCUT2D eigenvalue weighted by atomic mass is 10.1. The van der Waals surface area contributed by atoms with Crippen molar-refractivity contribution in [3.8, 4) is 0 Å². The van der Waals surface area contributed by atoms with E-state index >= 15 is 0 Å². The van der Waals surface area contributed by atoms with Gasteiger partial charge in [-0.15, -0.1) is 0 Å². The van der Waals surface area contributed by atoms with Crippen LogP contribution >= 0.6 is 11.6 Å². The molecule has 0 aliphatic rings. The molecular formula is C20H16ClN3O2. The number of carbonyl (C=O) groups is 1. The van der Waals surface area contributed by atoms with E-state index in [-0.39, 0.29) is 17.2 Å². The highest BCUT2D eigenvalue weighted by atomic mass is 35.5. The number of halogens is 1. The molecule has 5 nitrogen and oxygen atoms in total. The standard InChI is InChI=1S/C20H16ClN3O2/c21-14-5-6-17-16(10-14)13(11-23-17)7-8-22-20(26)18-9-12-3-1-2-4-15(12)19(25)24-18/h1-6,9-11,23H,7-8H2,(H,22,26)(H,24,25). The number of hydrogen-bond acceptors (Lipinski definition) is 2. The second-order valence-electron chi connectivity index (χ2n) is 6.11. The van der Waals surface area contributed by atoms with Gasteiger partial charge in [-0.25, -0.2) is 0 Å². The number of hydrogen-bond donors (Lipinski definition) is 3. The molecule has 0 aliphatic heterocycles. The van der Waals surface area contributed by atoms with Crippen LogP contribution in [0.3, 0.4) is 0 Å². The molecule has 0 radical (unpaired) electrons. The molecule has 26 heavy (non-hydrogen) atoms. The van der Waals surface area contributed by atoms with Gasteiger partial charge >= 0.3 is 0 Å². The van der Waals surface area contributed by atoms with E-state index in [2.05, 4.69) is 15.3 Å². The van der Waals surface area contributed by atoms with Crippen molar-refractivity contribution in [1.82, 2.24) is 15.3 Å². The number of pyridine rings is 1. The largest absolute Gasteiger partial charge is 0.361 e. The normalized spacial score (nSPS) is 11.1. The van der Waals surface area contributed by atoms with Crippen LogP contribution in [0.4, 0.5) is 0 Å². The zero-order valence-electron chi connectivity index (χ0n) is 13.8. The van der Waals surface area contributed by atoms with Gasteiger partial charge in [0.15, 0.2) is 0 Å². The Hall–Kier alpha value is -3.05. The van der Waals surface area contributed by atoms with Crippen molar-refractivity contribution in [3.63, 3.8) is 0 Å². The van der Waals surface area contributed by atoms with Crippen LogP contribution < -0.4 is 10.9 Å². The van der Waals surface area contributed by atoms with Crippen molar-refractivity contribution in [2.75, 3.05) is 6.54 Å². The van der Waals surface area contributed by atoms with E-state index in [9.17, 15) is 9.59 Å². The maximum absolute atomic E-state index is 12.4. The van der Waals surface area contributed by atoms with Gasteiger partial charge in [-0.3, -0.25) is 9.59 Å². The Labute approximate surface area is 154 Å². The van der Waals surface area contributed by atoms with E-state index in [1.54, 1.807) is 18.2 Å². The third-order valence-electron chi connectivity index (χ3n) is 4.41.